The molecule has 1 aliphatic carbocycles. The van der Waals surface area contributed by atoms with E-state index < -0.39 is 0 Å². The third-order valence-electron chi connectivity index (χ3n) is 3.52. The number of carbonyl (C=O) groups is 2. The van der Waals surface area contributed by atoms with E-state index in [9.17, 15) is 9.59 Å². The summed E-state index contributed by atoms with van der Waals surface area (Å²) in [6.45, 7) is 6.45. The van der Waals surface area contributed by atoms with Crippen molar-refractivity contribution < 1.29 is 9.59 Å². The second-order valence-corrected chi connectivity index (χ2v) is 6.41. The van der Waals surface area contributed by atoms with Gasteiger partial charge in [-0.3, -0.25) is 9.59 Å². The lowest BCUT2D eigenvalue weighted by Gasteiger charge is -2.29. The van der Waals surface area contributed by atoms with Crippen molar-refractivity contribution in [1.82, 2.24) is 4.90 Å². The van der Waals surface area contributed by atoms with Gasteiger partial charge in [0, 0.05) is 25.2 Å². The van der Waals surface area contributed by atoms with Gasteiger partial charge in [0.25, 0.3) is 0 Å². The topological polar surface area (TPSA) is 37.4 Å². The molecule has 0 aliphatic heterocycles. The Morgan fingerprint density at radius 1 is 1.00 bits per heavy atom. The summed E-state index contributed by atoms with van der Waals surface area (Å²) in [6, 6.07) is 9.90. The van der Waals surface area contributed by atoms with Crippen LogP contribution in [0.1, 0.15) is 26.3 Å². The number of hydrogen-bond donors (Lipinski definition) is 0. The summed E-state index contributed by atoms with van der Waals surface area (Å²) < 4.78 is 0. The maximum absolute atomic E-state index is 12.6. The summed E-state index contributed by atoms with van der Waals surface area (Å²) in [5, 5.41) is 0. The van der Waals surface area contributed by atoms with Gasteiger partial charge in [0.05, 0.1) is 5.70 Å². The Morgan fingerprint density at radius 2 is 1.62 bits per heavy atom. The minimum atomic E-state index is -0.333. The van der Waals surface area contributed by atoms with Gasteiger partial charge in [0.1, 0.15) is 0 Å². The van der Waals surface area contributed by atoms with Crippen LogP contribution in [0.5, 0.6) is 0 Å². The summed E-state index contributed by atoms with van der Waals surface area (Å²) in [5.41, 5.74) is 1.81. The maximum Gasteiger partial charge on any atom is 0.205 e. The normalized spacial score (nSPS) is 15.6. The largest absolute Gasteiger partial charge is 0.367 e. The van der Waals surface area contributed by atoms with Crippen molar-refractivity contribution in [2.45, 2.75) is 27.3 Å². The van der Waals surface area contributed by atoms with Gasteiger partial charge in [-0.1, -0.05) is 51.1 Å². The van der Waals surface area contributed by atoms with Crippen molar-refractivity contribution in [3.05, 3.63) is 59.3 Å². The standard InChI is InChI=1S/C18H21NO2/c1-18(2,3)15-10-14(20)11-16(17(15)21)19(4)12-13-8-6-5-7-9-13/h5-11H,12H2,1-4H3. The number of rotatable bonds is 3. The molecule has 2 rings (SSSR count). The van der Waals surface area contributed by atoms with Crippen LogP contribution in [0, 0.1) is 5.41 Å². The number of hydrogen-bond acceptors (Lipinski definition) is 3. The predicted molar refractivity (Wildman–Crippen MR) is 83.5 cm³/mol. The first-order chi connectivity index (χ1) is 9.79. The van der Waals surface area contributed by atoms with Gasteiger partial charge in [-0.15, -0.1) is 0 Å². The molecule has 0 radical (unpaired) electrons. The first kappa shape index (κ1) is 15.2. The Bertz CT molecular complexity index is 618. The monoisotopic (exact) mass is 283 g/mol. The molecule has 1 aromatic carbocycles. The van der Waals surface area contributed by atoms with Crippen LogP contribution in [0.15, 0.2) is 53.8 Å². The highest BCUT2D eigenvalue weighted by Gasteiger charge is 2.31. The Kier molecular flexibility index (Phi) is 4.12. The molecule has 3 heteroatoms. The van der Waals surface area contributed by atoms with Gasteiger partial charge in [-0.05, 0) is 17.1 Å². The quantitative estimate of drug-likeness (QED) is 0.800. The predicted octanol–water partition coefficient (Wildman–Crippen LogP) is 3.13. The average Bonchev–Trinajstić information content (AvgIpc) is 2.40. The molecule has 0 aromatic heterocycles. The van der Waals surface area contributed by atoms with Crippen LogP contribution in [0.2, 0.25) is 0 Å². The van der Waals surface area contributed by atoms with E-state index >= 15 is 0 Å². The Balaban J connectivity index is 2.24. The molecule has 0 unspecified atom stereocenters. The SMILES string of the molecule is CN(Cc1ccccc1)C1=CC(=O)C=C(C(C)(C)C)C1=O. The number of ketones is 2. The van der Waals surface area contributed by atoms with Gasteiger partial charge in [-0.2, -0.15) is 0 Å². The lowest BCUT2D eigenvalue weighted by molar-refractivity contribution is -0.117. The Labute approximate surface area is 126 Å². The molecule has 21 heavy (non-hydrogen) atoms. The molecule has 0 atom stereocenters. The second-order valence-electron chi connectivity index (χ2n) is 6.41. The number of benzene rings is 1. The minimum absolute atomic E-state index is 0.0551. The average molecular weight is 283 g/mol. The molecule has 3 nitrogen and oxygen atoms in total. The van der Waals surface area contributed by atoms with Crippen molar-refractivity contribution in [2.24, 2.45) is 5.41 Å². The van der Waals surface area contributed by atoms with Crippen LogP contribution in [0.3, 0.4) is 0 Å². The highest BCUT2D eigenvalue weighted by Crippen LogP contribution is 2.31. The van der Waals surface area contributed by atoms with E-state index in [0.29, 0.717) is 17.8 Å². The molecule has 0 fully saturated rings. The summed E-state index contributed by atoms with van der Waals surface area (Å²) in [5.74, 6) is -0.171. The molecule has 0 saturated heterocycles. The van der Waals surface area contributed by atoms with Gasteiger partial charge >= 0.3 is 0 Å². The fraction of sp³-hybridized carbons (Fsp3) is 0.333. The smallest absolute Gasteiger partial charge is 0.205 e. The molecule has 0 bridgehead atoms. The van der Waals surface area contributed by atoms with Crippen molar-refractivity contribution in [1.29, 1.82) is 0 Å². The number of allylic oxidation sites excluding steroid dienone is 3. The molecule has 1 aromatic rings. The molecule has 0 spiro atoms. The number of likely N-dealkylation sites (N-methyl/N-ethyl adjacent to an activating group) is 1. The van der Waals surface area contributed by atoms with Crippen molar-refractivity contribution in [3.63, 3.8) is 0 Å². The lowest BCUT2D eigenvalue weighted by Crippen LogP contribution is -2.31. The fourth-order valence-corrected chi connectivity index (χ4v) is 2.37. The molecule has 0 amide bonds. The zero-order chi connectivity index (χ0) is 15.6. The highest BCUT2D eigenvalue weighted by atomic mass is 16.1. The van der Waals surface area contributed by atoms with Crippen LogP contribution >= 0.6 is 0 Å². The first-order valence-corrected chi connectivity index (χ1v) is 7.06. The van der Waals surface area contributed by atoms with Crippen LogP contribution < -0.4 is 0 Å². The number of carbonyl (C=O) groups excluding carboxylic acids is 2. The fourth-order valence-electron chi connectivity index (χ4n) is 2.37. The molecule has 1 aliphatic rings. The Morgan fingerprint density at radius 3 is 2.19 bits per heavy atom. The lowest BCUT2D eigenvalue weighted by atomic mass is 9.80. The molecular formula is C18H21NO2. The van der Waals surface area contributed by atoms with E-state index in [1.54, 1.807) is 0 Å². The molecule has 0 heterocycles. The summed E-state index contributed by atoms with van der Waals surface area (Å²) in [6.07, 6.45) is 2.89. The van der Waals surface area contributed by atoms with E-state index in [4.69, 9.17) is 0 Å². The van der Waals surface area contributed by atoms with E-state index in [0.717, 1.165) is 5.56 Å². The van der Waals surface area contributed by atoms with Crippen LogP contribution in [-0.2, 0) is 16.1 Å². The van der Waals surface area contributed by atoms with Gasteiger partial charge < -0.3 is 4.90 Å². The van der Waals surface area contributed by atoms with Crippen molar-refractivity contribution in [2.75, 3.05) is 7.05 Å². The molecule has 0 saturated carbocycles. The molecule has 110 valence electrons. The van der Waals surface area contributed by atoms with Crippen molar-refractivity contribution in [3.8, 4) is 0 Å². The maximum atomic E-state index is 12.6. The third kappa shape index (κ3) is 3.48. The van der Waals surface area contributed by atoms with Gasteiger partial charge in [0.15, 0.2) is 5.78 Å². The molecular weight excluding hydrogens is 262 g/mol. The van der Waals surface area contributed by atoms with E-state index in [1.807, 2.05) is 63.1 Å². The summed E-state index contributed by atoms with van der Waals surface area (Å²) in [7, 11) is 1.84. The Hall–Kier alpha value is -2.16. The molecule has 0 N–H and O–H groups in total. The van der Waals surface area contributed by atoms with Gasteiger partial charge in [0.2, 0.25) is 5.78 Å². The van der Waals surface area contributed by atoms with Crippen LogP contribution in [0.25, 0.3) is 0 Å². The van der Waals surface area contributed by atoms with E-state index in [1.165, 1.54) is 12.2 Å². The van der Waals surface area contributed by atoms with Crippen LogP contribution in [-0.4, -0.2) is 23.5 Å². The third-order valence-corrected chi connectivity index (χ3v) is 3.52. The zero-order valence-electron chi connectivity index (χ0n) is 13.0. The number of Topliss-reactive ketones (excluding diaryl/α,β-unsaturated/α-hetero) is 1. The van der Waals surface area contributed by atoms with E-state index in [-0.39, 0.29) is 17.0 Å². The summed E-state index contributed by atoms with van der Waals surface area (Å²) >= 11 is 0. The zero-order valence-corrected chi connectivity index (χ0v) is 13.0. The second kappa shape index (κ2) is 5.68. The number of nitrogens with zero attached hydrogens (tertiary/aromatic N) is 1. The highest BCUT2D eigenvalue weighted by molar-refractivity contribution is 6.20. The van der Waals surface area contributed by atoms with Crippen molar-refractivity contribution >= 4 is 11.6 Å². The first-order valence-electron chi connectivity index (χ1n) is 7.06. The minimum Gasteiger partial charge on any atom is -0.367 e. The summed E-state index contributed by atoms with van der Waals surface area (Å²) in [4.78, 5) is 26.4. The van der Waals surface area contributed by atoms with Crippen LogP contribution in [0.4, 0.5) is 0 Å². The van der Waals surface area contributed by atoms with E-state index in [2.05, 4.69) is 0 Å². The van der Waals surface area contributed by atoms with Gasteiger partial charge in [-0.25, -0.2) is 0 Å².